The maximum absolute atomic E-state index is 6.27. The molecule has 0 aliphatic heterocycles. The van der Waals surface area contributed by atoms with Gasteiger partial charge in [0.25, 0.3) is 0 Å². The molecule has 2 rings (SSSR count). The highest BCUT2D eigenvalue weighted by Gasteiger charge is 2.22. The predicted octanol–water partition coefficient (Wildman–Crippen LogP) is 3.36. The first-order valence-corrected chi connectivity index (χ1v) is 7.49. The summed E-state index contributed by atoms with van der Waals surface area (Å²) < 4.78 is 1.98. The van der Waals surface area contributed by atoms with Crippen molar-refractivity contribution in [1.82, 2.24) is 15.1 Å². The lowest BCUT2D eigenvalue weighted by molar-refractivity contribution is 0.478. The van der Waals surface area contributed by atoms with E-state index < -0.39 is 0 Å². The Kier molecular flexibility index (Phi) is 4.93. The Hall–Kier alpha value is -0.250. The number of nitrogens with zero attached hydrogens (tertiary/aromatic N) is 2. The minimum Gasteiger partial charge on any atom is -0.311 e. The highest BCUT2D eigenvalue weighted by Crippen LogP contribution is 2.29. The van der Waals surface area contributed by atoms with E-state index in [0.29, 0.717) is 11.3 Å². The average molecular weight is 290 g/mol. The lowest BCUT2D eigenvalue weighted by Gasteiger charge is -2.11. The van der Waals surface area contributed by atoms with E-state index in [-0.39, 0.29) is 0 Å². The zero-order valence-corrected chi connectivity index (χ0v) is 12.6. The molecule has 1 heterocycles. The molecule has 1 aromatic rings. The largest absolute Gasteiger partial charge is 0.311 e. The third-order valence-electron chi connectivity index (χ3n) is 3.66. The molecule has 1 aromatic heterocycles. The van der Waals surface area contributed by atoms with Gasteiger partial charge in [-0.1, -0.05) is 11.6 Å². The van der Waals surface area contributed by atoms with E-state index >= 15 is 0 Å². The second-order valence-electron chi connectivity index (χ2n) is 5.07. The van der Waals surface area contributed by atoms with Gasteiger partial charge in [-0.3, -0.25) is 4.68 Å². The molecule has 0 spiro atoms. The second kappa shape index (κ2) is 6.27. The van der Waals surface area contributed by atoms with Crippen molar-refractivity contribution in [3.05, 3.63) is 16.4 Å². The van der Waals surface area contributed by atoms with E-state index in [1.807, 2.05) is 11.6 Å². The average Bonchev–Trinajstić information content (AvgIpc) is 2.87. The van der Waals surface area contributed by atoms with Crippen molar-refractivity contribution < 1.29 is 0 Å². The summed E-state index contributed by atoms with van der Waals surface area (Å²) in [6.45, 7) is 6.70. The van der Waals surface area contributed by atoms with Gasteiger partial charge in [-0.25, -0.2) is 0 Å². The van der Waals surface area contributed by atoms with Gasteiger partial charge in [0.05, 0.1) is 16.4 Å². The zero-order chi connectivity index (χ0) is 13.1. The summed E-state index contributed by atoms with van der Waals surface area (Å²) >= 11 is 12.4. The van der Waals surface area contributed by atoms with Gasteiger partial charge >= 0.3 is 0 Å². The minimum absolute atomic E-state index is 0.379. The highest BCUT2D eigenvalue weighted by atomic mass is 35.5. The third kappa shape index (κ3) is 3.19. The van der Waals surface area contributed by atoms with Crippen LogP contribution in [0.4, 0.5) is 0 Å². The van der Waals surface area contributed by atoms with Crippen LogP contribution in [0.5, 0.6) is 0 Å². The summed E-state index contributed by atoms with van der Waals surface area (Å²) in [5, 5.41) is 9.08. The number of nitrogens with one attached hydrogen (secondary N) is 1. The molecule has 0 saturated heterocycles. The fraction of sp³-hybridized carbons (Fsp3) is 0.769. The molecular formula is C13H21Cl2N3. The molecule has 5 heteroatoms. The Balaban J connectivity index is 1.86. The first kappa shape index (κ1) is 14.2. The van der Waals surface area contributed by atoms with E-state index in [1.165, 1.54) is 6.42 Å². The molecule has 1 saturated carbocycles. The van der Waals surface area contributed by atoms with E-state index in [2.05, 4.69) is 17.3 Å². The van der Waals surface area contributed by atoms with Crippen molar-refractivity contribution in [2.24, 2.45) is 5.92 Å². The van der Waals surface area contributed by atoms with Crippen molar-refractivity contribution in [2.45, 2.75) is 51.6 Å². The Labute approximate surface area is 119 Å². The van der Waals surface area contributed by atoms with Crippen molar-refractivity contribution in [3.8, 4) is 0 Å². The van der Waals surface area contributed by atoms with Crippen LogP contribution in [0, 0.1) is 12.8 Å². The van der Waals surface area contributed by atoms with Crippen LogP contribution in [0.1, 0.15) is 37.6 Å². The molecule has 0 amide bonds. The Morgan fingerprint density at radius 2 is 2.22 bits per heavy atom. The first-order chi connectivity index (χ1) is 8.61. The topological polar surface area (TPSA) is 29.9 Å². The number of alkyl halides is 1. The summed E-state index contributed by atoms with van der Waals surface area (Å²) in [5.74, 6) is 0.713. The molecule has 2 unspecified atom stereocenters. The van der Waals surface area contributed by atoms with Gasteiger partial charge in [0.15, 0.2) is 0 Å². The molecule has 1 N–H and O–H groups in total. The fourth-order valence-electron chi connectivity index (χ4n) is 2.63. The van der Waals surface area contributed by atoms with Crippen molar-refractivity contribution in [2.75, 3.05) is 6.54 Å². The third-order valence-corrected chi connectivity index (χ3v) is 4.54. The van der Waals surface area contributed by atoms with Crippen LogP contribution in [0.3, 0.4) is 0 Å². The summed E-state index contributed by atoms with van der Waals surface area (Å²) in [5.41, 5.74) is 2.01. The number of hydrogen-bond acceptors (Lipinski definition) is 2. The zero-order valence-electron chi connectivity index (χ0n) is 11.0. The molecule has 18 heavy (non-hydrogen) atoms. The van der Waals surface area contributed by atoms with Gasteiger partial charge in [0.1, 0.15) is 0 Å². The molecule has 0 radical (unpaired) electrons. The Bertz CT molecular complexity index is 403. The standard InChI is InChI=1S/C13H21Cl2N3/c1-3-18-12(13(15)9(2)17-18)8-16-7-10-4-5-11(14)6-10/h10-11,16H,3-8H2,1-2H3. The van der Waals surface area contributed by atoms with Crippen LogP contribution in [-0.2, 0) is 13.1 Å². The van der Waals surface area contributed by atoms with E-state index in [4.69, 9.17) is 23.2 Å². The van der Waals surface area contributed by atoms with Crippen LogP contribution < -0.4 is 5.32 Å². The van der Waals surface area contributed by atoms with Crippen LogP contribution in [-0.4, -0.2) is 21.7 Å². The van der Waals surface area contributed by atoms with E-state index in [0.717, 1.165) is 48.9 Å². The van der Waals surface area contributed by atoms with Gasteiger partial charge in [0, 0.05) is 18.5 Å². The number of aromatic nitrogens is 2. The number of hydrogen-bond donors (Lipinski definition) is 1. The van der Waals surface area contributed by atoms with Gasteiger partial charge in [-0.15, -0.1) is 11.6 Å². The van der Waals surface area contributed by atoms with Gasteiger partial charge in [-0.2, -0.15) is 5.10 Å². The smallest absolute Gasteiger partial charge is 0.0860 e. The summed E-state index contributed by atoms with van der Waals surface area (Å²) in [4.78, 5) is 0. The predicted molar refractivity (Wildman–Crippen MR) is 76.3 cm³/mol. The minimum atomic E-state index is 0.379. The van der Waals surface area contributed by atoms with Crippen molar-refractivity contribution >= 4 is 23.2 Å². The molecule has 2 atom stereocenters. The monoisotopic (exact) mass is 289 g/mol. The van der Waals surface area contributed by atoms with Crippen LogP contribution in [0.15, 0.2) is 0 Å². The van der Waals surface area contributed by atoms with Crippen molar-refractivity contribution in [1.29, 1.82) is 0 Å². The quantitative estimate of drug-likeness (QED) is 0.843. The molecule has 3 nitrogen and oxygen atoms in total. The number of rotatable bonds is 5. The van der Waals surface area contributed by atoms with Gasteiger partial charge < -0.3 is 5.32 Å². The number of aryl methyl sites for hydroxylation is 2. The molecular weight excluding hydrogens is 269 g/mol. The van der Waals surface area contributed by atoms with Gasteiger partial charge in [-0.05, 0) is 45.6 Å². The normalized spacial score (nSPS) is 23.8. The van der Waals surface area contributed by atoms with E-state index in [1.54, 1.807) is 0 Å². The van der Waals surface area contributed by atoms with Crippen LogP contribution in [0.2, 0.25) is 5.02 Å². The van der Waals surface area contributed by atoms with Crippen molar-refractivity contribution in [3.63, 3.8) is 0 Å². The maximum Gasteiger partial charge on any atom is 0.0860 e. The lowest BCUT2D eigenvalue weighted by atomic mass is 10.1. The SMILES string of the molecule is CCn1nc(C)c(Cl)c1CNCC1CCC(Cl)C1. The van der Waals surface area contributed by atoms with E-state index in [9.17, 15) is 0 Å². The highest BCUT2D eigenvalue weighted by molar-refractivity contribution is 6.31. The van der Waals surface area contributed by atoms with Crippen LogP contribution >= 0.6 is 23.2 Å². The van der Waals surface area contributed by atoms with Gasteiger partial charge in [0.2, 0.25) is 0 Å². The molecule has 0 aromatic carbocycles. The summed E-state index contributed by atoms with van der Waals surface area (Å²) in [6.07, 6.45) is 3.52. The Morgan fingerprint density at radius 3 is 2.83 bits per heavy atom. The molecule has 1 aliphatic carbocycles. The molecule has 1 fully saturated rings. The second-order valence-corrected chi connectivity index (χ2v) is 6.06. The summed E-state index contributed by atoms with van der Waals surface area (Å²) in [7, 11) is 0. The first-order valence-electron chi connectivity index (χ1n) is 6.68. The molecule has 1 aliphatic rings. The fourth-order valence-corrected chi connectivity index (χ4v) is 3.21. The molecule has 0 bridgehead atoms. The summed E-state index contributed by atoms with van der Waals surface area (Å²) in [6, 6.07) is 0. The maximum atomic E-state index is 6.27. The molecule has 102 valence electrons. The number of halogens is 2. The lowest BCUT2D eigenvalue weighted by Crippen LogP contribution is -2.23. The Morgan fingerprint density at radius 1 is 1.44 bits per heavy atom. The van der Waals surface area contributed by atoms with Crippen LogP contribution in [0.25, 0.3) is 0 Å².